The van der Waals surface area contributed by atoms with Gasteiger partial charge in [0.2, 0.25) is 0 Å². The van der Waals surface area contributed by atoms with Crippen LogP contribution in [-0.4, -0.2) is 20.0 Å². The lowest BCUT2D eigenvalue weighted by Gasteiger charge is -2.15. The van der Waals surface area contributed by atoms with Gasteiger partial charge >= 0.3 is 0 Å². The van der Waals surface area contributed by atoms with Crippen LogP contribution in [0.5, 0.6) is 11.5 Å². The Hall–Kier alpha value is -2.62. The molecule has 0 heterocycles. The number of hydrogen-bond donors (Lipinski definition) is 0. The van der Waals surface area contributed by atoms with Crippen LogP contribution in [0, 0.1) is 5.82 Å². The second kappa shape index (κ2) is 7.58. The van der Waals surface area contributed by atoms with Crippen LogP contribution < -0.4 is 9.47 Å². The van der Waals surface area contributed by atoms with E-state index < -0.39 is 5.82 Å². The van der Waals surface area contributed by atoms with Crippen LogP contribution in [0.15, 0.2) is 55.1 Å². The third-order valence-electron chi connectivity index (χ3n) is 3.67. The predicted molar refractivity (Wildman–Crippen MR) is 87.8 cm³/mol. The van der Waals surface area contributed by atoms with Crippen molar-refractivity contribution in [2.75, 3.05) is 14.2 Å². The average Bonchev–Trinajstić information content (AvgIpc) is 2.59. The molecule has 0 aliphatic heterocycles. The lowest BCUT2D eigenvalue weighted by molar-refractivity contribution is 0.0974. The molecule has 1 unspecified atom stereocenters. The Morgan fingerprint density at radius 1 is 1.17 bits per heavy atom. The van der Waals surface area contributed by atoms with Gasteiger partial charge in [-0.25, -0.2) is 4.39 Å². The first-order valence-electron chi connectivity index (χ1n) is 7.22. The smallest absolute Gasteiger partial charge is 0.166 e. The van der Waals surface area contributed by atoms with E-state index in [1.165, 1.54) is 12.1 Å². The average molecular weight is 314 g/mol. The summed E-state index contributed by atoms with van der Waals surface area (Å²) < 4.78 is 24.2. The zero-order valence-corrected chi connectivity index (χ0v) is 13.2. The molecule has 0 N–H and O–H groups in total. The number of ketones is 1. The highest BCUT2D eigenvalue weighted by molar-refractivity contribution is 5.97. The van der Waals surface area contributed by atoms with Crippen molar-refractivity contribution in [3.63, 3.8) is 0 Å². The van der Waals surface area contributed by atoms with Gasteiger partial charge in [0.05, 0.1) is 19.8 Å². The summed E-state index contributed by atoms with van der Waals surface area (Å²) in [5.74, 6) is 0.221. The molecule has 3 nitrogen and oxygen atoms in total. The van der Waals surface area contributed by atoms with Gasteiger partial charge < -0.3 is 9.47 Å². The molecular weight excluding hydrogens is 295 g/mol. The van der Waals surface area contributed by atoms with E-state index in [2.05, 4.69) is 6.58 Å². The largest absolute Gasteiger partial charge is 0.497 e. The molecule has 0 aliphatic rings. The van der Waals surface area contributed by atoms with E-state index >= 15 is 0 Å². The summed E-state index contributed by atoms with van der Waals surface area (Å²) in [6, 6.07) is 11.4. The minimum Gasteiger partial charge on any atom is -0.497 e. The maximum Gasteiger partial charge on any atom is 0.166 e. The number of methoxy groups -OCH3 is 2. The second-order valence-corrected chi connectivity index (χ2v) is 5.10. The van der Waals surface area contributed by atoms with E-state index in [0.29, 0.717) is 11.5 Å². The van der Waals surface area contributed by atoms with Gasteiger partial charge in [-0.05, 0) is 29.8 Å². The van der Waals surface area contributed by atoms with Crippen LogP contribution in [0.2, 0.25) is 0 Å². The fraction of sp³-hybridized carbons (Fsp3) is 0.211. The number of rotatable bonds is 7. The predicted octanol–water partition coefficient (Wildman–Crippen LogP) is 4.39. The van der Waals surface area contributed by atoms with Gasteiger partial charge in [0, 0.05) is 18.4 Å². The van der Waals surface area contributed by atoms with Crippen LogP contribution in [0.3, 0.4) is 0 Å². The number of benzene rings is 2. The molecule has 0 radical (unpaired) electrons. The topological polar surface area (TPSA) is 35.5 Å². The molecule has 4 heteroatoms. The van der Waals surface area contributed by atoms with Crippen molar-refractivity contribution < 1.29 is 18.7 Å². The highest BCUT2D eigenvalue weighted by Gasteiger charge is 2.18. The molecular formula is C19H19FO3. The number of halogens is 1. The number of allylic oxidation sites excluding steroid dienone is 1. The van der Waals surface area contributed by atoms with Crippen LogP contribution in [0.25, 0.3) is 0 Å². The summed E-state index contributed by atoms with van der Waals surface area (Å²) in [6.45, 7) is 3.79. The van der Waals surface area contributed by atoms with Crippen molar-refractivity contribution in [2.45, 2.75) is 12.3 Å². The van der Waals surface area contributed by atoms with E-state index in [1.54, 1.807) is 38.5 Å². The third-order valence-corrected chi connectivity index (χ3v) is 3.67. The SMILES string of the molecule is C=CC(CC(=O)c1ccccc1F)c1cc(OC)cc(OC)c1. The molecule has 23 heavy (non-hydrogen) atoms. The van der Waals surface area contributed by atoms with Crippen LogP contribution in [-0.2, 0) is 0 Å². The van der Waals surface area contributed by atoms with Gasteiger partial charge in [-0.1, -0.05) is 18.2 Å². The van der Waals surface area contributed by atoms with E-state index in [4.69, 9.17) is 9.47 Å². The monoisotopic (exact) mass is 314 g/mol. The van der Waals surface area contributed by atoms with Crippen molar-refractivity contribution in [1.29, 1.82) is 0 Å². The van der Waals surface area contributed by atoms with Crippen molar-refractivity contribution in [1.82, 2.24) is 0 Å². The standard InChI is InChI=1S/C19H19FO3/c1-4-13(11-19(21)17-7-5-6-8-18(17)20)14-9-15(22-2)12-16(10-14)23-3/h4-10,12-13H,1,11H2,2-3H3. The summed E-state index contributed by atoms with van der Waals surface area (Å²) in [5.41, 5.74) is 0.926. The molecule has 0 saturated carbocycles. The fourth-order valence-electron chi connectivity index (χ4n) is 2.38. The maximum absolute atomic E-state index is 13.7. The lowest BCUT2D eigenvalue weighted by atomic mass is 9.91. The lowest BCUT2D eigenvalue weighted by Crippen LogP contribution is -2.08. The highest BCUT2D eigenvalue weighted by Crippen LogP contribution is 2.30. The number of carbonyl (C=O) groups excluding carboxylic acids is 1. The zero-order valence-electron chi connectivity index (χ0n) is 13.2. The van der Waals surface area contributed by atoms with E-state index in [-0.39, 0.29) is 23.7 Å². The molecule has 2 aromatic carbocycles. The third kappa shape index (κ3) is 3.97. The first kappa shape index (κ1) is 16.7. The minimum absolute atomic E-state index is 0.0919. The Balaban J connectivity index is 2.28. The molecule has 0 spiro atoms. The van der Waals surface area contributed by atoms with Crippen LogP contribution >= 0.6 is 0 Å². The normalized spacial score (nSPS) is 11.6. The Labute approximate surface area is 135 Å². The second-order valence-electron chi connectivity index (χ2n) is 5.10. The number of carbonyl (C=O) groups is 1. The first-order chi connectivity index (χ1) is 11.1. The van der Waals surface area contributed by atoms with Crippen LogP contribution in [0.4, 0.5) is 4.39 Å². The highest BCUT2D eigenvalue weighted by atomic mass is 19.1. The summed E-state index contributed by atoms with van der Waals surface area (Å²) in [6.07, 6.45) is 1.80. The van der Waals surface area contributed by atoms with Crippen LogP contribution in [0.1, 0.15) is 28.3 Å². The maximum atomic E-state index is 13.7. The molecule has 0 aromatic heterocycles. The number of Topliss-reactive ketones (excluding diaryl/α,β-unsaturated/α-hetero) is 1. The summed E-state index contributed by atoms with van der Waals surface area (Å²) in [5, 5.41) is 0. The van der Waals surface area contributed by atoms with Crippen molar-refractivity contribution in [3.8, 4) is 11.5 Å². The molecule has 0 fully saturated rings. The summed E-state index contributed by atoms with van der Waals surface area (Å²) >= 11 is 0. The van der Waals surface area contributed by atoms with Crippen molar-refractivity contribution in [2.24, 2.45) is 0 Å². The molecule has 0 saturated heterocycles. The molecule has 2 aromatic rings. The van der Waals surface area contributed by atoms with E-state index in [0.717, 1.165) is 5.56 Å². The molecule has 1 atom stereocenters. The Bertz CT molecular complexity index is 687. The fourth-order valence-corrected chi connectivity index (χ4v) is 2.38. The summed E-state index contributed by atoms with van der Waals surface area (Å²) in [7, 11) is 3.12. The van der Waals surface area contributed by atoms with E-state index in [1.807, 2.05) is 12.1 Å². The Kier molecular flexibility index (Phi) is 5.52. The molecule has 2 rings (SSSR count). The van der Waals surface area contributed by atoms with Gasteiger partial charge in [0.15, 0.2) is 5.78 Å². The molecule has 120 valence electrons. The number of ether oxygens (including phenoxy) is 2. The first-order valence-corrected chi connectivity index (χ1v) is 7.22. The number of hydrogen-bond acceptors (Lipinski definition) is 3. The molecule has 0 amide bonds. The van der Waals surface area contributed by atoms with Gasteiger partial charge in [-0.2, -0.15) is 0 Å². The molecule has 0 aliphatic carbocycles. The molecule has 0 bridgehead atoms. The zero-order chi connectivity index (χ0) is 16.8. The summed E-state index contributed by atoms with van der Waals surface area (Å²) in [4.78, 5) is 12.4. The van der Waals surface area contributed by atoms with Crippen molar-refractivity contribution >= 4 is 5.78 Å². The van der Waals surface area contributed by atoms with Gasteiger partial charge in [-0.3, -0.25) is 4.79 Å². The van der Waals surface area contributed by atoms with Gasteiger partial charge in [0.1, 0.15) is 17.3 Å². The Morgan fingerprint density at radius 3 is 2.30 bits per heavy atom. The van der Waals surface area contributed by atoms with Gasteiger partial charge in [-0.15, -0.1) is 6.58 Å². The quantitative estimate of drug-likeness (QED) is 0.562. The van der Waals surface area contributed by atoms with Crippen molar-refractivity contribution in [3.05, 3.63) is 72.1 Å². The minimum atomic E-state index is -0.511. The Morgan fingerprint density at radius 2 is 1.78 bits per heavy atom. The van der Waals surface area contributed by atoms with E-state index in [9.17, 15) is 9.18 Å². The van der Waals surface area contributed by atoms with Gasteiger partial charge in [0.25, 0.3) is 0 Å².